The quantitative estimate of drug-likeness (QED) is 0.686. The monoisotopic (exact) mass is 392 g/mol. The zero-order valence-electron chi connectivity index (χ0n) is 15.8. The molecule has 2 N–H and O–H groups in total. The largest absolute Gasteiger partial charge is 0.495 e. The van der Waals surface area contributed by atoms with Gasteiger partial charge < -0.3 is 15.0 Å². The van der Waals surface area contributed by atoms with Crippen molar-refractivity contribution < 1.29 is 14.3 Å². The van der Waals surface area contributed by atoms with Crippen LogP contribution in [0.4, 0.5) is 5.69 Å². The summed E-state index contributed by atoms with van der Waals surface area (Å²) in [5, 5.41) is 10.6. The van der Waals surface area contributed by atoms with E-state index in [9.17, 15) is 14.4 Å². The van der Waals surface area contributed by atoms with Crippen LogP contribution in [0.1, 0.15) is 12.1 Å². The van der Waals surface area contributed by atoms with E-state index in [2.05, 4.69) is 15.5 Å². The van der Waals surface area contributed by atoms with Gasteiger partial charge in [0.25, 0.3) is 5.56 Å². The summed E-state index contributed by atoms with van der Waals surface area (Å²) in [6.07, 6.45) is 0.129. The smallest absolute Gasteiger partial charge is 0.272 e. The Labute approximate surface area is 166 Å². The van der Waals surface area contributed by atoms with Crippen molar-refractivity contribution in [3.63, 3.8) is 0 Å². The number of anilines is 1. The van der Waals surface area contributed by atoms with Crippen LogP contribution in [-0.2, 0) is 16.1 Å². The highest BCUT2D eigenvalue weighted by atomic mass is 16.5. The van der Waals surface area contributed by atoms with Gasteiger partial charge in [-0.15, -0.1) is 0 Å². The molecule has 3 aromatic rings. The summed E-state index contributed by atoms with van der Waals surface area (Å²) in [4.78, 5) is 38.6. The molecule has 29 heavy (non-hydrogen) atoms. The number of aromatic amines is 1. The highest BCUT2D eigenvalue weighted by molar-refractivity contribution is 6.01. The van der Waals surface area contributed by atoms with Crippen molar-refractivity contribution in [2.45, 2.75) is 13.0 Å². The molecule has 1 aliphatic heterocycles. The van der Waals surface area contributed by atoms with E-state index in [1.807, 2.05) is 18.2 Å². The molecule has 2 aromatic carbocycles. The van der Waals surface area contributed by atoms with Crippen LogP contribution in [0.15, 0.2) is 53.3 Å². The minimum Gasteiger partial charge on any atom is -0.495 e. The molecule has 0 radical (unpaired) electrons. The van der Waals surface area contributed by atoms with Gasteiger partial charge in [-0.2, -0.15) is 5.10 Å². The van der Waals surface area contributed by atoms with Crippen LogP contribution in [0.3, 0.4) is 0 Å². The molecule has 148 valence electrons. The first-order valence-corrected chi connectivity index (χ1v) is 9.26. The number of para-hydroxylation sites is 2. The van der Waals surface area contributed by atoms with Crippen molar-refractivity contribution in [3.05, 3.63) is 64.6 Å². The number of methoxy groups -OCH3 is 1. The molecule has 8 heteroatoms. The van der Waals surface area contributed by atoms with E-state index < -0.39 is 5.92 Å². The Balaban J connectivity index is 1.47. The number of fused-ring (bicyclic) bond motifs is 1. The summed E-state index contributed by atoms with van der Waals surface area (Å²) in [7, 11) is 1.55. The third-order valence-corrected chi connectivity index (χ3v) is 5.08. The molecule has 1 atom stereocenters. The molecule has 1 aliphatic rings. The van der Waals surface area contributed by atoms with E-state index in [1.165, 1.54) is 0 Å². The lowest BCUT2D eigenvalue weighted by Gasteiger charge is -2.19. The van der Waals surface area contributed by atoms with Gasteiger partial charge in [-0.25, -0.2) is 5.10 Å². The van der Waals surface area contributed by atoms with Gasteiger partial charge in [-0.3, -0.25) is 14.4 Å². The molecule has 2 heterocycles. The molecule has 0 bridgehead atoms. The molecule has 0 unspecified atom stereocenters. The third-order valence-electron chi connectivity index (χ3n) is 5.08. The summed E-state index contributed by atoms with van der Waals surface area (Å²) >= 11 is 0. The maximum atomic E-state index is 12.7. The lowest BCUT2D eigenvalue weighted by atomic mass is 10.1. The van der Waals surface area contributed by atoms with Gasteiger partial charge in [0.15, 0.2) is 0 Å². The average Bonchev–Trinajstić information content (AvgIpc) is 3.15. The number of H-pyrrole nitrogens is 1. The van der Waals surface area contributed by atoms with Gasteiger partial charge in [-0.05, 0) is 18.2 Å². The minimum absolute atomic E-state index is 0.123. The van der Waals surface area contributed by atoms with Crippen LogP contribution in [0, 0.1) is 5.92 Å². The Kier molecular flexibility index (Phi) is 4.99. The van der Waals surface area contributed by atoms with Crippen molar-refractivity contribution >= 4 is 28.3 Å². The summed E-state index contributed by atoms with van der Waals surface area (Å²) in [5.41, 5.74) is 0.951. The molecule has 2 amide bonds. The SMILES string of the molecule is COc1ccccc1N1C[C@@H](C(=O)NCc2n[nH]c(=O)c3ccccc23)CC1=O. The number of carbonyl (C=O) groups excluding carboxylic acids is 2. The van der Waals surface area contributed by atoms with E-state index in [-0.39, 0.29) is 36.9 Å². The molecule has 4 rings (SSSR count). The number of nitrogens with zero attached hydrogens (tertiary/aromatic N) is 2. The van der Waals surface area contributed by atoms with Gasteiger partial charge in [-0.1, -0.05) is 30.3 Å². The molecular weight excluding hydrogens is 372 g/mol. The summed E-state index contributed by atoms with van der Waals surface area (Å²) in [5.74, 6) is -0.234. The Morgan fingerprint density at radius 3 is 2.69 bits per heavy atom. The highest BCUT2D eigenvalue weighted by Gasteiger charge is 2.36. The lowest BCUT2D eigenvalue weighted by Crippen LogP contribution is -2.33. The van der Waals surface area contributed by atoms with Gasteiger partial charge >= 0.3 is 0 Å². The van der Waals surface area contributed by atoms with Gasteiger partial charge in [0.05, 0.1) is 36.3 Å². The number of hydrogen-bond donors (Lipinski definition) is 2. The molecule has 0 saturated carbocycles. The average molecular weight is 392 g/mol. The third kappa shape index (κ3) is 3.56. The number of benzene rings is 2. The van der Waals surface area contributed by atoms with Crippen LogP contribution in [0.5, 0.6) is 5.75 Å². The molecule has 1 aromatic heterocycles. The predicted octanol–water partition coefficient (Wildman–Crippen LogP) is 1.60. The van der Waals surface area contributed by atoms with E-state index in [0.717, 1.165) is 0 Å². The number of amides is 2. The second-order valence-corrected chi connectivity index (χ2v) is 6.84. The summed E-state index contributed by atoms with van der Waals surface area (Å²) in [6, 6.07) is 14.3. The summed E-state index contributed by atoms with van der Waals surface area (Å²) < 4.78 is 5.33. The molecule has 8 nitrogen and oxygen atoms in total. The molecule has 0 spiro atoms. The van der Waals surface area contributed by atoms with Gasteiger partial charge in [0.1, 0.15) is 5.75 Å². The van der Waals surface area contributed by atoms with Crippen LogP contribution in [0.25, 0.3) is 10.8 Å². The maximum Gasteiger partial charge on any atom is 0.272 e. The standard InChI is InChI=1S/C21H20N4O4/c1-29-18-9-5-4-8-17(18)25-12-13(10-19(25)26)20(27)22-11-16-14-6-2-3-7-15(14)21(28)24-23-16/h2-9,13H,10-12H2,1H3,(H,22,27)(H,24,28)/t13-/m0/s1. The van der Waals surface area contributed by atoms with Gasteiger partial charge in [0.2, 0.25) is 11.8 Å². The molecule has 0 aliphatic carbocycles. The van der Waals surface area contributed by atoms with E-state index in [1.54, 1.807) is 42.3 Å². The topological polar surface area (TPSA) is 104 Å². The van der Waals surface area contributed by atoms with Crippen LogP contribution in [-0.4, -0.2) is 35.7 Å². The number of carbonyl (C=O) groups is 2. The lowest BCUT2D eigenvalue weighted by molar-refractivity contribution is -0.126. The van der Waals surface area contributed by atoms with Crippen LogP contribution in [0.2, 0.25) is 0 Å². The Morgan fingerprint density at radius 2 is 1.90 bits per heavy atom. The van der Waals surface area contributed by atoms with Gasteiger partial charge in [0, 0.05) is 18.4 Å². The van der Waals surface area contributed by atoms with Crippen molar-refractivity contribution in [3.8, 4) is 5.75 Å². The normalized spacial score (nSPS) is 16.2. The number of rotatable bonds is 5. The zero-order valence-corrected chi connectivity index (χ0v) is 15.8. The van der Waals surface area contributed by atoms with Crippen LogP contribution < -0.4 is 20.5 Å². The second kappa shape index (κ2) is 7.75. The fraction of sp³-hybridized carbons (Fsp3) is 0.238. The number of aromatic nitrogens is 2. The van der Waals surface area contributed by atoms with E-state index in [4.69, 9.17) is 4.74 Å². The molecule has 1 fully saturated rings. The Bertz CT molecular complexity index is 1140. The fourth-order valence-corrected chi connectivity index (χ4v) is 3.59. The van der Waals surface area contributed by atoms with Crippen molar-refractivity contribution in [1.29, 1.82) is 0 Å². The first-order chi connectivity index (χ1) is 14.1. The number of nitrogens with one attached hydrogen (secondary N) is 2. The molecular formula is C21H20N4O4. The molecule has 1 saturated heterocycles. The van der Waals surface area contributed by atoms with E-state index in [0.29, 0.717) is 27.9 Å². The highest BCUT2D eigenvalue weighted by Crippen LogP contribution is 2.32. The van der Waals surface area contributed by atoms with Crippen molar-refractivity contribution in [2.24, 2.45) is 5.92 Å². The fourth-order valence-electron chi connectivity index (χ4n) is 3.59. The second-order valence-electron chi connectivity index (χ2n) is 6.84. The Morgan fingerprint density at radius 1 is 1.17 bits per heavy atom. The summed E-state index contributed by atoms with van der Waals surface area (Å²) in [6.45, 7) is 0.445. The number of hydrogen-bond acceptors (Lipinski definition) is 5. The zero-order chi connectivity index (χ0) is 20.4. The first kappa shape index (κ1) is 18.7. The van der Waals surface area contributed by atoms with Crippen LogP contribution >= 0.6 is 0 Å². The van der Waals surface area contributed by atoms with E-state index >= 15 is 0 Å². The first-order valence-electron chi connectivity index (χ1n) is 9.26. The maximum absolute atomic E-state index is 12.7. The number of ether oxygens (including phenoxy) is 1. The predicted molar refractivity (Wildman–Crippen MR) is 108 cm³/mol. The van der Waals surface area contributed by atoms with Crippen molar-refractivity contribution in [1.82, 2.24) is 15.5 Å². The minimum atomic E-state index is -0.471. The Hall–Kier alpha value is -3.68. The van der Waals surface area contributed by atoms with Crippen molar-refractivity contribution in [2.75, 3.05) is 18.6 Å².